The Morgan fingerprint density at radius 1 is 1.17 bits per heavy atom. The van der Waals surface area contributed by atoms with E-state index in [0.29, 0.717) is 13.2 Å². The second kappa shape index (κ2) is 6.17. The van der Waals surface area contributed by atoms with Gasteiger partial charge in [-0.3, -0.25) is 4.79 Å². The minimum absolute atomic E-state index is 0.109. The lowest BCUT2D eigenvalue weighted by atomic mass is 10.0. The van der Waals surface area contributed by atoms with Gasteiger partial charge in [0.25, 0.3) is 5.91 Å². The van der Waals surface area contributed by atoms with E-state index in [1.807, 2.05) is 35.2 Å². The van der Waals surface area contributed by atoms with E-state index in [1.165, 1.54) is 11.3 Å². The molecule has 2 aliphatic rings. The van der Waals surface area contributed by atoms with Crippen LogP contribution in [0.2, 0.25) is 0 Å². The minimum Gasteiger partial charge on any atom is -0.486 e. The van der Waals surface area contributed by atoms with E-state index in [9.17, 15) is 4.79 Å². The molecule has 4 rings (SSSR count). The van der Waals surface area contributed by atoms with Crippen LogP contribution in [-0.4, -0.2) is 30.6 Å². The van der Waals surface area contributed by atoms with Crippen LogP contribution in [0.15, 0.2) is 34.1 Å². The molecule has 1 amide bonds. The quantitative estimate of drug-likeness (QED) is 0.764. The fraction of sp³-hybridized carbons (Fsp3) is 0.353. The Bertz CT molecular complexity index is 745. The molecule has 3 heterocycles. The van der Waals surface area contributed by atoms with Gasteiger partial charge < -0.3 is 14.4 Å². The Balaban J connectivity index is 1.61. The maximum Gasteiger partial charge on any atom is 0.264 e. The Hall–Kier alpha value is -1.53. The van der Waals surface area contributed by atoms with Crippen molar-refractivity contribution in [1.82, 2.24) is 4.90 Å². The molecule has 1 fully saturated rings. The Labute approximate surface area is 147 Å². The van der Waals surface area contributed by atoms with Crippen LogP contribution in [0.1, 0.15) is 34.1 Å². The first kappa shape index (κ1) is 15.0. The van der Waals surface area contributed by atoms with E-state index in [0.717, 1.165) is 45.1 Å². The number of nitrogens with zero attached hydrogens (tertiary/aromatic N) is 1. The standard InChI is InChI=1S/C17H16BrNO3S/c18-16-6-5-15(23-16)17(20)19-7-1-2-12(19)11-3-4-13-14(10-11)22-9-8-21-13/h3-6,10,12H,1-2,7-9H2. The van der Waals surface area contributed by atoms with Crippen LogP contribution in [0.5, 0.6) is 11.5 Å². The van der Waals surface area contributed by atoms with Gasteiger partial charge in [0.05, 0.1) is 14.7 Å². The summed E-state index contributed by atoms with van der Waals surface area (Å²) >= 11 is 4.91. The summed E-state index contributed by atoms with van der Waals surface area (Å²) in [6, 6.07) is 9.94. The lowest BCUT2D eigenvalue weighted by molar-refractivity contribution is 0.0740. The normalized spacial score (nSPS) is 19.9. The summed E-state index contributed by atoms with van der Waals surface area (Å²) < 4.78 is 12.2. The molecule has 2 aromatic rings. The topological polar surface area (TPSA) is 38.8 Å². The van der Waals surface area contributed by atoms with Gasteiger partial charge in [-0.25, -0.2) is 0 Å². The first-order valence-corrected chi connectivity index (χ1v) is 9.29. The number of rotatable bonds is 2. The van der Waals surface area contributed by atoms with Crippen molar-refractivity contribution >= 4 is 33.2 Å². The van der Waals surface area contributed by atoms with Crippen molar-refractivity contribution in [2.75, 3.05) is 19.8 Å². The number of likely N-dealkylation sites (tertiary alicyclic amines) is 1. The Morgan fingerprint density at radius 3 is 2.78 bits per heavy atom. The molecular weight excluding hydrogens is 378 g/mol. The van der Waals surface area contributed by atoms with Crippen LogP contribution in [-0.2, 0) is 0 Å². The van der Waals surface area contributed by atoms with Crippen LogP contribution in [0.3, 0.4) is 0 Å². The largest absolute Gasteiger partial charge is 0.486 e. The SMILES string of the molecule is O=C(c1ccc(Br)s1)N1CCCC1c1ccc2c(c1)OCCO2. The summed E-state index contributed by atoms with van der Waals surface area (Å²) in [5.41, 5.74) is 1.12. The van der Waals surface area contributed by atoms with E-state index in [-0.39, 0.29) is 11.9 Å². The van der Waals surface area contributed by atoms with Gasteiger partial charge in [-0.1, -0.05) is 6.07 Å². The van der Waals surface area contributed by atoms with Crippen molar-refractivity contribution in [2.24, 2.45) is 0 Å². The van der Waals surface area contributed by atoms with Gasteiger partial charge in [0, 0.05) is 6.54 Å². The number of carbonyl (C=O) groups is 1. The molecule has 0 N–H and O–H groups in total. The molecule has 4 nitrogen and oxygen atoms in total. The van der Waals surface area contributed by atoms with Crippen LogP contribution in [0, 0.1) is 0 Å². The molecule has 1 aromatic carbocycles. The molecule has 2 aliphatic heterocycles. The number of halogens is 1. The third-order valence-electron chi connectivity index (χ3n) is 4.25. The summed E-state index contributed by atoms with van der Waals surface area (Å²) in [7, 11) is 0. The fourth-order valence-corrected chi connectivity index (χ4v) is 4.54. The van der Waals surface area contributed by atoms with E-state index in [4.69, 9.17) is 9.47 Å². The van der Waals surface area contributed by atoms with E-state index < -0.39 is 0 Å². The fourth-order valence-electron chi connectivity index (χ4n) is 3.19. The smallest absolute Gasteiger partial charge is 0.264 e. The summed E-state index contributed by atoms with van der Waals surface area (Å²) in [4.78, 5) is 15.5. The van der Waals surface area contributed by atoms with Gasteiger partial charge >= 0.3 is 0 Å². The molecule has 120 valence electrons. The highest BCUT2D eigenvalue weighted by Crippen LogP contribution is 2.39. The first-order chi connectivity index (χ1) is 11.2. The number of amides is 1. The summed E-state index contributed by atoms with van der Waals surface area (Å²) in [6.07, 6.45) is 2.01. The molecule has 1 atom stereocenters. The van der Waals surface area contributed by atoms with Crippen molar-refractivity contribution in [3.05, 3.63) is 44.6 Å². The first-order valence-electron chi connectivity index (χ1n) is 7.68. The average Bonchev–Trinajstić information content (AvgIpc) is 3.23. The Morgan fingerprint density at radius 2 is 2.00 bits per heavy atom. The number of thiophene rings is 1. The number of hydrogen-bond acceptors (Lipinski definition) is 4. The number of fused-ring (bicyclic) bond motifs is 1. The predicted octanol–water partition coefficient (Wildman–Crippen LogP) is 4.26. The molecule has 1 aromatic heterocycles. The van der Waals surface area contributed by atoms with Crippen LogP contribution < -0.4 is 9.47 Å². The lowest BCUT2D eigenvalue weighted by Crippen LogP contribution is -2.30. The second-order valence-electron chi connectivity index (χ2n) is 5.66. The van der Waals surface area contributed by atoms with Crippen molar-refractivity contribution in [2.45, 2.75) is 18.9 Å². The zero-order valence-corrected chi connectivity index (χ0v) is 14.9. The van der Waals surface area contributed by atoms with Gasteiger partial charge in [0.1, 0.15) is 13.2 Å². The van der Waals surface area contributed by atoms with Gasteiger partial charge in [0.15, 0.2) is 11.5 Å². The molecule has 6 heteroatoms. The summed E-state index contributed by atoms with van der Waals surface area (Å²) in [5, 5.41) is 0. The predicted molar refractivity (Wildman–Crippen MR) is 92.5 cm³/mol. The van der Waals surface area contributed by atoms with E-state index in [2.05, 4.69) is 15.9 Å². The molecule has 1 saturated heterocycles. The number of ether oxygens (including phenoxy) is 2. The Kier molecular flexibility index (Phi) is 4.03. The van der Waals surface area contributed by atoms with Gasteiger partial charge in [-0.05, 0) is 58.6 Å². The highest BCUT2D eigenvalue weighted by Gasteiger charge is 2.32. The zero-order valence-electron chi connectivity index (χ0n) is 12.5. The van der Waals surface area contributed by atoms with E-state index >= 15 is 0 Å². The maximum absolute atomic E-state index is 12.8. The summed E-state index contributed by atoms with van der Waals surface area (Å²) in [5.74, 6) is 1.68. The molecule has 0 aliphatic carbocycles. The highest BCUT2D eigenvalue weighted by atomic mass is 79.9. The molecule has 0 saturated carbocycles. The highest BCUT2D eigenvalue weighted by molar-refractivity contribution is 9.11. The van der Waals surface area contributed by atoms with Crippen molar-refractivity contribution < 1.29 is 14.3 Å². The molecule has 0 bridgehead atoms. The molecule has 23 heavy (non-hydrogen) atoms. The van der Waals surface area contributed by atoms with Crippen molar-refractivity contribution in [3.63, 3.8) is 0 Å². The molecular formula is C17H16BrNO3S. The third kappa shape index (κ3) is 2.85. The van der Waals surface area contributed by atoms with Gasteiger partial charge in [-0.15, -0.1) is 11.3 Å². The van der Waals surface area contributed by atoms with Gasteiger partial charge in [0.2, 0.25) is 0 Å². The lowest BCUT2D eigenvalue weighted by Gasteiger charge is -2.26. The van der Waals surface area contributed by atoms with E-state index in [1.54, 1.807) is 0 Å². The maximum atomic E-state index is 12.8. The van der Waals surface area contributed by atoms with Crippen LogP contribution in [0.4, 0.5) is 0 Å². The average molecular weight is 394 g/mol. The molecule has 0 spiro atoms. The van der Waals surface area contributed by atoms with Gasteiger partial charge in [-0.2, -0.15) is 0 Å². The zero-order chi connectivity index (χ0) is 15.8. The van der Waals surface area contributed by atoms with Crippen LogP contribution in [0.25, 0.3) is 0 Å². The minimum atomic E-state index is 0.109. The summed E-state index contributed by atoms with van der Waals surface area (Å²) in [6.45, 7) is 1.97. The number of benzene rings is 1. The third-order valence-corrected chi connectivity index (χ3v) is 5.86. The molecule has 0 radical (unpaired) electrons. The monoisotopic (exact) mass is 393 g/mol. The number of carbonyl (C=O) groups excluding carboxylic acids is 1. The van der Waals surface area contributed by atoms with Crippen molar-refractivity contribution in [1.29, 1.82) is 0 Å². The number of hydrogen-bond donors (Lipinski definition) is 0. The van der Waals surface area contributed by atoms with Crippen molar-refractivity contribution in [3.8, 4) is 11.5 Å². The van der Waals surface area contributed by atoms with Crippen LogP contribution >= 0.6 is 27.3 Å². The second-order valence-corrected chi connectivity index (χ2v) is 8.13. The molecule has 1 unspecified atom stereocenters.